The minimum Gasteiger partial charge on any atom is -0.492 e. The number of benzene rings is 2. The highest BCUT2D eigenvalue weighted by molar-refractivity contribution is 8.16. The Morgan fingerprint density at radius 3 is 2.72 bits per heavy atom. The molecule has 0 saturated heterocycles. The number of nitrogens with zero attached hydrogens (tertiary/aromatic N) is 2. The van der Waals surface area contributed by atoms with Gasteiger partial charge in [0.25, 0.3) is 0 Å². The Labute approximate surface area is 152 Å². The number of aliphatic imine (C=N–C) groups is 1. The lowest BCUT2D eigenvalue weighted by atomic mass is 9.56. The molecule has 5 rings (SSSR count). The second-order valence-electron chi connectivity index (χ2n) is 8.08. The number of amidine groups is 1. The van der Waals surface area contributed by atoms with Crippen molar-refractivity contribution in [3.63, 3.8) is 0 Å². The molecule has 0 radical (unpaired) electrons. The van der Waals surface area contributed by atoms with Gasteiger partial charge in [-0.3, -0.25) is 0 Å². The maximum absolute atomic E-state index is 6.33. The number of fused-ring (bicyclic) bond motifs is 6. The molecule has 25 heavy (non-hydrogen) atoms. The molecule has 2 atom stereocenters. The van der Waals surface area contributed by atoms with Crippen molar-refractivity contribution in [3.05, 3.63) is 53.6 Å². The Kier molecular flexibility index (Phi) is 2.83. The molecule has 2 unspecified atom stereocenters. The first kappa shape index (κ1) is 15.3. The van der Waals surface area contributed by atoms with Crippen LogP contribution >= 0.6 is 11.8 Å². The minimum atomic E-state index is -0.338. The second-order valence-corrected chi connectivity index (χ2v) is 8.95. The van der Waals surface area contributed by atoms with Gasteiger partial charge < -0.3 is 9.64 Å². The van der Waals surface area contributed by atoms with Gasteiger partial charge in [-0.25, -0.2) is 4.99 Å². The van der Waals surface area contributed by atoms with Crippen LogP contribution in [0.4, 0.5) is 0 Å². The Hall–Kier alpha value is -1.94. The SMILES string of the molecule is CC12N=C3SC=CN3C(C)(C)C1(C)COc1ccc3ccccc3c12. The lowest BCUT2D eigenvalue weighted by molar-refractivity contribution is -0.0584. The van der Waals surface area contributed by atoms with Gasteiger partial charge in [0.1, 0.15) is 11.3 Å². The van der Waals surface area contributed by atoms with Crippen molar-refractivity contribution in [1.29, 1.82) is 0 Å². The van der Waals surface area contributed by atoms with Gasteiger partial charge in [-0.1, -0.05) is 49.0 Å². The van der Waals surface area contributed by atoms with Crippen LogP contribution in [0.2, 0.25) is 0 Å². The number of rotatable bonds is 0. The van der Waals surface area contributed by atoms with E-state index >= 15 is 0 Å². The summed E-state index contributed by atoms with van der Waals surface area (Å²) in [7, 11) is 0. The molecular weight excluding hydrogens is 328 g/mol. The van der Waals surface area contributed by atoms with Crippen LogP contribution in [0.3, 0.4) is 0 Å². The van der Waals surface area contributed by atoms with E-state index in [-0.39, 0.29) is 16.5 Å². The number of thioether (sulfide) groups is 1. The number of hydrogen-bond acceptors (Lipinski definition) is 4. The maximum atomic E-state index is 6.33. The Morgan fingerprint density at radius 1 is 1.08 bits per heavy atom. The Balaban J connectivity index is 1.89. The van der Waals surface area contributed by atoms with Gasteiger partial charge in [-0.05, 0) is 43.0 Å². The molecule has 128 valence electrons. The van der Waals surface area contributed by atoms with E-state index in [2.05, 4.69) is 80.6 Å². The molecule has 0 bridgehead atoms. The van der Waals surface area contributed by atoms with E-state index in [0.717, 1.165) is 10.9 Å². The molecule has 3 aliphatic heterocycles. The maximum Gasteiger partial charge on any atom is 0.169 e. The minimum absolute atomic E-state index is 0.104. The molecule has 3 aliphatic rings. The van der Waals surface area contributed by atoms with Crippen molar-refractivity contribution in [2.75, 3.05) is 6.61 Å². The highest BCUT2D eigenvalue weighted by atomic mass is 32.2. The van der Waals surface area contributed by atoms with Gasteiger partial charge in [-0.15, -0.1) is 0 Å². The standard InChI is InChI=1S/C21H22N2OS/c1-19(2)20(3)13-24-16-10-9-14-7-5-6-8-15(14)17(16)21(20,4)22-18-23(19)11-12-25-18/h5-12H,13H2,1-4H3. The van der Waals surface area contributed by atoms with Gasteiger partial charge >= 0.3 is 0 Å². The summed E-state index contributed by atoms with van der Waals surface area (Å²) in [4.78, 5) is 7.64. The first-order valence-electron chi connectivity index (χ1n) is 8.76. The monoisotopic (exact) mass is 350 g/mol. The van der Waals surface area contributed by atoms with Gasteiger partial charge in [-0.2, -0.15) is 0 Å². The van der Waals surface area contributed by atoms with Crippen molar-refractivity contribution in [2.24, 2.45) is 10.4 Å². The van der Waals surface area contributed by atoms with E-state index in [4.69, 9.17) is 9.73 Å². The molecule has 0 amide bonds. The first-order valence-corrected chi connectivity index (χ1v) is 9.64. The van der Waals surface area contributed by atoms with E-state index in [0.29, 0.717) is 6.61 Å². The fraction of sp³-hybridized carbons (Fsp3) is 0.381. The molecule has 0 aromatic heterocycles. The van der Waals surface area contributed by atoms with Crippen LogP contribution in [-0.2, 0) is 5.54 Å². The molecule has 0 aliphatic carbocycles. The second kappa shape index (κ2) is 4.61. The molecule has 3 heterocycles. The molecular formula is C21H22N2OS. The van der Waals surface area contributed by atoms with Gasteiger partial charge in [0, 0.05) is 11.8 Å². The van der Waals surface area contributed by atoms with Crippen molar-refractivity contribution >= 4 is 27.7 Å². The van der Waals surface area contributed by atoms with E-state index in [9.17, 15) is 0 Å². The molecule has 0 saturated carbocycles. The zero-order chi connectivity index (χ0) is 17.4. The van der Waals surface area contributed by atoms with Crippen LogP contribution < -0.4 is 4.74 Å². The fourth-order valence-corrected chi connectivity index (χ4v) is 5.64. The number of hydrogen-bond donors (Lipinski definition) is 0. The fourth-order valence-electron chi connectivity index (χ4n) is 4.70. The van der Waals surface area contributed by atoms with E-state index in [1.54, 1.807) is 11.8 Å². The highest BCUT2D eigenvalue weighted by Crippen LogP contribution is 2.61. The van der Waals surface area contributed by atoms with Crippen molar-refractivity contribution < 1.29 is 4.74 Å². The molecule has 0 N–H and O–H groups in total. The Bertz CT molecular complexity index is 964. The first-order chi connectivity index (χ1) is 11.9. The Morgan fingerprint density at radius 2 is 1.88 bits per heavy atom. The molecule has 2 aromatic rings. The number of ether oxygens (including phenoxy) is 1. The molecule has 3 nitrogen and oxygen atoms in total. The summed E-state index contributed by atoms with van der Waals surface area (Å²) in [6.45, 7) is 9.92. The van der Waals surface area contributed by atoms with E-state index in [1.807, 2.05) is 0 Å². The average Bonchev–Trinajstić information content (AvgIpc) is 3.06. The van der Waals surface area contributed by atoms with Gasteiger partial charge in [0.2, 0.25) is 0 Å². The molecule has 4 heteroatoms. The van der Waals surface area contributed by atoms with E-state index in [1.165, 1.54) is 16.3 Å². The molecule has 2 aromatic carbocycles. The third-order valence-electron chi connectivity index (χ3n) is 6.83. The van der Waals surface area contributed by atoms with Crippen LogP contribution in [0.25, 0.3) is 10.8 Å². The third-order valence-corrected chi connectivity index (χ3v) is 7.59. The summed E-state index contributed by atoms with van der Waals surface area (Å²) in [6, 6.07) is 12.8. The topological polar surface area (TPSA) is 24.8 Å². The summed E-state index contributed by atoms with van der Waals surface area (Å²) >= 11 is 1.72. The zero-order valence-corrected chi connectivity index (χ0v) is 15.9. The average molecular weight is 350 g/mol. The largest absolute Gasteiger partial charge is 0.492 e. The van der Waals surface area contributed by atoms with Gasteiger partial charge in [0.05, 0.1) is 17.6 Å². The third kappa shape index (κ3) is 1.66. The van der Waals surface area contributed by atoms with Crippen LogP contribution in [0, 0.1) is 5.41 Å². The molecule has 0 fully saturated rings. The normalized spacial score (nSPS) is 31.8. The van der Waals surface area contributed by atoms with Crippen LogP contribution in [0.5, 0.6) is 5.75 Å². The summed E-state index contributed by atoms with van der Waals surface area (Å²) in [6.07, 6.45) is 2.16. The summed E-state index contributed by atoms with van der Waals surface area (Å²) in [5.74, 6) is 0.975. The quantitative estimate of drug-likeness (QED) is 0.659. The summed E-state index contributed by atoms with van der Waals surface area (Å²) in [5.41, 5.74) is 0.631. The lowest BCUT2D eigenvalue weighted by Gasteiger charge is -2.61. The van der Waals surface area contributed by atoms with Crippen molar-refractivity contribution in [1.82, 2.24) is 4.90 Å². The smallest absolute Gasteiger partial charge is 0.169 e. The zero-order valence-electron chi connectivity index (χ0n) is 15.0. The summed E-state index contributed by atoms with van der Waals surface area (Å²) in [5, 5.41) is 5.71. The summed E-state index contributed by atoms with van der Waals surface area (Å²) < 4.78 is 6.33. The van der Waals surface area contributed by atoms with Gasteiger partial charge in [0.15, 0.2) is 5.17 Å². The predicted molar refractivity (Wildman–Crippen MR) is 105 cm³/mol. The van der Waals surface area contributed by atoms with Crippen molar-refractivity contribution in [3.8, 4) is 5.75 Å². The highest BCUT2D eigenvalue weighted by Gasteiger charge is 2.64. The van der Waals surface area contributed by atoms with Crippen LogP contribution in [0.15, 0.2) is 53.0 Å². The van der Waals surface area contributed by atoms with E-state index < -0.39 is 0 Å². The lowest BCUT2D eigenvalue weighted by Crippen LogP contribution is -2.68. The van der Waals surface area contributed by atoms with Crippen LogP contribution in [0.1, 0.15) is 33.3 Å². The predicted octanol–water partition coefficient (Wildman–Crippen LogP) is 5.12. The van der Waals surface area contributed by atoms with Crippen LogP contribution in [-0.4, -0.2) is 22.2 Å². The van der Waals surface area contributed by atoms with Crippen molar-refractivity contribution in [2.45, 2.75) is 38.8 Å². The molecule has 0 spiro atoms.